The maximum absolute atomic E-state index is 11.9. The zero-order valence-electron chi connectivity index (χ0n) is 20.0. The molecule has 8 heteroatoms. The van der Waals surface area contributed by atoms with Gasteiger partial charge in [-0.2, -0.15) is 0 Å². The van der Waals surface area contributed by atoms with Crippen molar-refractivity contribution < 1.29 is 9.90 Å². The number of hydrogen-bond donors (Lipinski definition) is 2. The zero-order chi connectivity index (χ0) is 24.4. The summed E-state index contributed by atoms with van der Waals surface area (Å²) in [6, 6.07) is 15.1. The fraction of sp³-hybridized carbons (Fsp3) is 0.346. The standard InChI is InChI=1S/C26H31N5O2S/c1-17-16-20(18(2)31(17)22-12-6-5-10-19(22)25(32)33)24-23(21-11-7-8-13-27-21)28-26(34)30(24)15-9-14-29(3)4/h5-8,10-13,16,23-24H,9,14-15H2,1-4H3,(H,28,34)(H,32,33)/t23-,24-/m1/s1. The minimum atomic E-state index is -0.940. The number of para-hydroxylation sites is 1. The van der Waals surface area contributed by atoms with Crippen LogP contribution < -0.4 is 5.32 Å². The highest BCUT2D eigenvalue weighted by molar-refractivity contribution is 7.80. The lowest BCUT2D eigenvalue weighted by Gasteiger charge is -2.28. The first-order valence-corrected chi connectivity index (χ1v) is 11.8. The zero-order valence-corrected chi connectivity index (χ0v) is 20.8. The number of thiocarbonyl (C=S) groups is 1. The molecule has 0 amide bonds. The summed E-state index contributed by atoms with van der Waals surface area (Å²) in [5.74, 6) is -0.940. The Morgan fingerprint density at radius 3 is 2.59 bits per heavy atom. The fourth-order valence-corrected chi connectivity index (χ4v) is 5.18. The van der Waals surface area contributed by atoms with Crippen LogP contribution >= 0.6 is 12.2 Å². The molecule has 2 atom stereocenters. The van der Waals surface area contributed by atoms with Gasteiger partial charge in [-0.15, -0.1) is 0 Å². The molecule has 1 saturated heterocycles. The van der Waals surface area contributed by atoms with Gasteiger partial charge in [0.15, 0.2) is 5.11 Å². The van der Waals surface area contributed by atoms with Crippen molar-refractivity contribution in [2.24, 2.45) is 0 Å². The molecule has 2 N–H and O–H groups in total. The maximum atomic E-state index is 11.9. The topological polar surface area (TPSA) is 73.6 Å². The lowest BCUT2D eigenvalue weighted by atomic mass is 9.96. The average molecular weight is 478 g/mol. The van der Waals surface area contributed by atoms with Crippen molar-refractivity contribution in [1.29, 1.82) is 0 Å². The predicted molar refractivity (Wildman–Crippen MR) is 138 cm³/mol. The molecule has 3 aromatic rings. The van der Waals surface area contributed by atoms with Crippen LogP contribution in [-0.4, -0.2) is 62.7 Å². The summed E-state index contributed by atoms with van der Waals surface area (Å²) >= 11 is 5.79. The minimum Gasteiger partial charge on any atom is -0.478 e. The average Bonchev–Trinajstić information content (AvgIpc) is 3.29. The van der Waals surface area contributed by atoms with Gasteiger partial charge in [0.25, 0.3) is 0 Å². The van der Waals surface area contributed by atoms with E-state index in [1.807, 2.05) is 41.8 Å². The second-order valence-electron chi connectivity index (χ2n) is 8.96. The third-order valence-corrected chi connectivity index (χ3v) is 6.72. The first-order chi connectivity index (χ1) is 16.3. The Morgan fingerprint density at radius 2 is 1.91 bits per heavy atom. The summed E-state index contributed by atoms with van der Waals surface area (Å²) in [4.78, 5) is 21.0. The number of aromatic carboxylic acids is 1. The van der Waals surface area contributed by atoms with Gasteiger partial charge in [0.05, 0.1) is 29.0 Å². The van der Waals surface area contributed by atoms with Crippen molar-refractivity contribution in [3.05, 3.63) is 82.9 Å². The van der Waals surface area contributed by atoms with Gasteiger partial charge >= 0.3 is 5.97 Å². The Hall–Kier alpha value is -3.23. The maximum Gasteiger partial charge on any atom is 0.337 e. The smallest absolute Gasteiger partial charge is 0.337 e. The lowest BCUT2D eigenvalue weighted by molar-refractivity contribution is 0.0697. The van der Waals surface area contributed by atoms with Crippen LogP contribution in [0.5, 0.6) is 0 Å². The van der Waals surface area contributed by atoms with Crippen LogP contribution in [0.3, 0.4) is 0 Å². The van der Waals surface area contributed by atoms with E-state index in [0.717, 1.165) is 47.3 Å². The number of aryl methyl sites for hydroxylation is 1. The number of hydrogen-bond acceptors (Lipinski definition) is 4. The number of rotatable bonds is 8. The van der Waals surface area contributed by atoms with Crippen molar-refractivity contribution >= 4 is 23.3 Å². The Balaban J connectivity index is 1.81. The number of aromatic nitrogens is 2. The molecule has 7 nitrogen and oxygen atoms in total. The SMILES string of the molecule is Cc1cc([C@@H]2[C@@H](c3ccccn3)NC(=S)N2CCCN(C)C)c(C)n1-c1ccccc1C(=O)O. The summed E-state index contributed by atoms with van der Waals surface area (Å²) in [5, 5.41) is 14.0. The van der Waals surface area contributed by atoms with E-state index in [1.165, 1.54) is 0 Å². The van der Waals surface area contributed by atoms with E-state index in [2.05, 4.69) is 47.2 Å². The van der Waals surface area contributed by atoms with Gasteiger partial charge < -0.3 is 24.8 Å². The molecule has 0 saturated carbocycles. The van der Waals surface area contributed by atoms with Crippen LogP contribution in [0.15, 0.2) is 54.7 Å². The van der Waals surface area contributed by atoms with Crippen molar-refractivity contribution in [1.82, 2.24) is 24.7 Å². The van der Waals surface area contributed by atoms with Crippen molar-refractivity contribution in [3.63, 3.8) is 0 Å². The molecular weight excluding hydrogens is 446 g/mol. The van der Waals surface area contributed by atoms with Gasteiger partial charge in [0.1, 0.15) is 0 Å². The molecule has 1 aliphatic heterocycles. The van der Waals surface area contributed by atoms with Crippen LogP contribution in [0.25, 0.3) is 5.69 Å². The predicted octanol–water partition coefficient (Wildman–Crippen LogP) is 4.11. The second-order valence-corrected chi connectivity index (χ2v) is 9.35. The summed E-state index contributed by atoms with van der Waals surface area (Å²) in [7, 11) is 4.14. The van der Waals surface area contributed by atoms with E-state index in [-0.39, 0.29) is 17.6 Å². The number of carboxylic acids is 1. The number of carbonyl (C=O) groups is 1. The van der Waals surface area contributed by atoms with Crippen LogP contribution in [0.2, 0.25) is 0 Å². The van der Waals surface area contributed by atoms with Gasteiger partial charge in [-0.05, 0) is 89.0 Å². The van der Waals surface area contributed by atoms with E-state index in [9.17, 15) is 9.90 Å². The molecule has 178 valence electrons. The Morgan fingerprint density at radius 1 is 1.18 bits per heavy atom. The third kappa shape index (κ3) is 4.56. The second kappa shape index (κ2) is 9.95. The number of nitrogens with zero attached hydrogens (tertiary/aromatic N) is 4. The van der Waals surface area contributed by atoms with E-state index >= 15 is 0 Å². The highest BCUT2D eigenvalue weighted by Gasteiger charge is 2.41. The van der Waals surface area contributed by atoms with Crippen LogP contribution in [0.4, 0.5) is 0 Å². The van der Waals surface area contributed by atoms with E-state index in [1.54, 1.807) is 18.3 Å². The molecule has 1 aliphatic rings. The minimum absolute atomic E-state index is 0.0542. The molecule has 0 unspecified atom stereocenters. The van der Waals surface area contributed by atoms with Gasteiger partial charge in [-0.3, -0.25) is 4.98 Å². The molecule has 3 heterocycles. The molecule has 4 rings (SSSR count). The number of carboxylic acid groups (broad SMARTS) is 1. The number of nitrogens with one attached hydrogen (secondary N) is 1. The molecule has 0 bridgehead atoms. The van der Waals surface area contributed by atoms with Crippen molar-refractivity contribution in [2.45, 2.75) is 32.4 Å². The monoisotopic (exact) mass is 477 g/mol. The molecular formula is C26H31N5O2S. The van der Waals surface area contributed by atoms with Gasteiger partial charge in [0.2, 0.25) is 0 Å². The fourth-order valence-electron chi connectivity index (χ4n) is 4.85. The Kier molecular flexibility index (Phi) is 7.00. The van der Waals surface area contributed by atoms with Crippen LogP contribution in [-0.2, 0) is 0 Å². The lowest BCUT2D eigenvalue weighted by Crippen LogP contribution is -2.32. The molecule has 2 aromatic heterocycles. The van der Waals surface area contributed by atoms with E-state index in [0.29, 0.717) is 5.69 Å². The highest BCUT2D eigenvalue weighted by Crippen LogP contribution is 2.41. The quantitative estimate of drug-likeness (QED) is 0.473. The summed E-state index contributed by atoms with van der Waals surface area (Å²) in [6.45, 7) is 5.84. The first-order valence-electron chi connectivity index (χ1n) is 11.4. The molecule has 34 heavy (non-hydrogen) atoms. The normalized spacial score (nSPS) is 17.9. The van der Waals surface area contributed by atoms with Gasteiger partial charge in [-0.1, -0.05) is 18.2 Å². The van der Waals surface area contributed by atoms with Crippen molar-refractivity contribution in [3.8, 4) is 5.69 Å². The number of benzene rings is 1. The van der Waals surface area contributed by atoms with Gasteiger partial charge in [0, 0.05) is 24.1 Å². The van der Waals surface area contributed by atoms with E-state index < -0.39 is 5.97 Å². The number of pyridine rings is 1. The van der Waals surface area contributed by atoms with E-state index in [4.69, 9.17) is 12.2 Å². The molecule has 0 radical (unpaired) electrons. The molecule has 0 aliphatic carbocycles. The molecule has 1 fully saturated rings. The summed E-state index contributed by atoms with van der Waals surface area (Å²) in [6.07, 6.45) is 2.78. The highest BCUT2D eigenvalue weighted by atomic mass is 32.1. The summed E-state index contributed by atoms with van der Waals surface area (Å²) < 4.78 is 2.04. The largest absolute Gasteiger partial charge is 0.478 e. The molecule has 0 spiro atoms. The first kappa shape index (κ1) is 23.9. The third-order valence-electron chi connectivity index (χ3n) is 6.37. The Labute approximate surface area is 206 Å². The van der Waals surface area contributed by atoms with Crippen LogP contribution in [0, 0.1) is 13.8 Å². The van der Waals surface area contributed by atoms with Crippen molar-refractivity contribution in [2.75, 3.05) is 27.2 Å². The summed E-state index contributed by atoms with van der Waals surface area (Å²) in [5.41, 5.74) is 4.97. The Bertz CT molecular complexity index is 1190. The molecule has 1 aromatic carbocycles. The van der Waals surface area contributed by atoms with Crippen LogP contribution in [0.1, 0.15) is 51.5 Å². The van der Waals surface area contributed by atoms with Gasteiger partial charge in [-0.25, -0.2) is 4.79 Å².